The van der Waals surface area contributed by atoms with Crippen LogP contribution in [-0.2, 0) is 0 Å². The molecule has 0 aromatic heterocycles. The number of ether oxygens (including phenoxy) is 1. The summed E-state index contributed by atoms with van der Waals surface area (Å²) >= 11 is 0. The molecule has 22 heavy (non-hydrogen) atoms. The number of ketones is 1. The number of aliphatic hydroxyl groups is 1. The molecular weight excluding hydrogens is 292 g/mol. The van der Waals surface area contributed by atoms with Crippen molar-refractivity contribution < 1.29 is 35.1 Å². The van der Waals surface area contributed by atoms with Crippen LogP contribution in [0.5, 0.6) is 28.7 Å². The summed E-state index contributed by atoms with van der Waals surface area (Å²) in [5.41, 5.74) is 0.0363. The van der Waals surface area contributed by atoms with E-state index in [0.717, 1.165) is 18.2 Å². The molecule has 0 spiro atoms. The molecule has 1 unspecified atom stereocenters. The molecule has 0 amide bonds. The van der Waals surface area contributed by atoms with Crippen molar-refractivity contribution in [1.29, 1.82) is 0 Å². The molecule has 2 aromatic rings. The highest BCUT2D eigenvalue weighted by Crippen LogP contribution is 2.42. The third-order valence-corrected chi connectivity index (χ3v) is 3.45. The fourth-order valence-electron chi connectivity index (χ4n) is 2.38. The smallest absolute Gasteiger partial charge is 0.202 e. The number of fused-ring (bicyclic) bond motifs is 1. The topological polar surface area (TPSA) is 127 Å². The first-order valence-corrected chi connectivity index (χ1v) is 6.35. The van der Waals surface area contributed by atoms with Crippen LogP contribution in [0.2, 0.25) is 0 Å². The van der Waals surface area contributed by atoms with E-state index in [9.17, 15) is 30.3 Å². The lowest BCUT2D eigenvalue weighted by atomic mass is 9.92. The molecule has 1 aliphatic heterocycles. The second-order valence-electron chi connectivity index (χ2n) is 4.93. The minimum atomic E-state index is -1.60. The first-order chi connectivity index (χ1) is 10.4. The van der Waals surface area contributed by atoms with E-state index in [2.05, 4.69) is 0 Å². The number of hydrogen-bond donors (Lipinski definition) is 5. The number of hydrogen-bond acceptors (Lipinski definition) is 7. The number of phenolic OH excluding ortho intramolecular Hbond substituents is 4. The normalized spacial score (nSPS) is 20.3. The molecule has 114 valence electrons. The van der Waals surface area contributed by atoms with Crippen molar-refractivity contribution in [3.63, 3.8) is 0 Å². The van der Waals surface area contributed by atoms with Crippen LogP contribution in [0, 0.1) is 0 Å². The van der Waals surface area contributed by atoms with Crippen molar-refractivity contribution in [2.45, 2.75) is 12.2 Å². The Hall–Kier alpha value is -2.93. The van der Waals surface area contributed by atoms with Crippen LogP contribution in [-0.4, -0.2) is 37.4 Å². The van der Waals surface area contributed by atoms with Crippen LogP contribution < -0.4 is 4.74 Å². The van der Waals surface area contributed by atoms with E-state index in [1.54, 1.807) is 0 Å². The lowest BCUT2D eigenvalue weighted by Crippen LogP contribution is -2.36. The number of phenols is 4. The molecule has 7 nitrogen and oxygen atoms in total. The van der Waals surface area contributed by atoms with Crippen LogP contribution in [0.25, 0.3) is 0 Å². The van der Waals surface area contributed by atoms with E-state index >= 15 is 0 Å². The molecule has 3 rings (SSSR count). The Balaban J connectivity index is 2.08. The van der Waals surface area contributed by atoms with Gasteiger partial charge in [0.25, 0.3) is 0 Å². The van der Waals surface area contributed by atoms with Crippen LogP contribution in [0.3, 0.4) is 0 Å². The maximum Gasteiger partial charge on any atom is 0.202 e. The predicted octanol–water partition coefficient (Wildman–Crippen LogP) is 1.19. The largest absolute Gasteiger partial charge is 0.508 e. The van der Waals surface area contributed by atoms with Crippen molar-refractivity contribution >= 4 is 5.78 Å². The van der Waals surface area contributed by atoms with E-state index in [1.807, 2.05) is 0 Å². The van der Waals surface area contributed by atoms with Crippen LogP contribution in [0.15, 0.2) is 30.3 Å². The van der Waals surface area contributed by atoms with Crippen molar-refractivity contribution in [1.82, 2.24) is 0 Å². The summed E-state index contributed by atoms with van der Waals surface area (Å²) in [4.78, 5) is 12.2. The molecule has 2 atom stereocenters. The van der Waals surface area contributed by atoms with Gasteiger partial charge in [-0.1, -0.05) is 6.07 Å². The second-order valence-corrected chi connectivity index (χ2v) is 4.93. The summed E-state index contributed by atoms with van der Waals surface area (Å²) in [6, 6.07) is 5.85. The number of Topliss-reactive ketones (excluding diaryl/α,β-unsaturated/α-hetero) is 1. The average molecular weight is 304 g/mol. The Morgan fingerprint density at radius 1 is 0.909 bits per heavy atom. The zero-order valence-electron chi connectivity index (χ0n) is 11.1. The van der Waals surface area contributed by atoms with Crippen molar-refractivity contribution in [3.05, 3.63) is 41.5 Å². The highest BCUT2D eigenvalue weighted by atomic mass is 16.5. The lowest BCUT2D eigenvalue weighted by Gasteiger charge is -2.30. The van der Waals surface area contributed by atoms with Crippen LogP contribution >= 0.6 is 0 Å². The van der Waals surface area contributed by atoms with Gasteiger partial charge in [0.15, 0.2) is 23.7 Å². The Morgan fingerprint density at radius 3 is 2.32 bits per heavy atom. The summed E-state index contributed by atoms with van der Waals surface area (Å²) in [7, 11) is 0. The van der Waals surface area contributed by atoms with E-state index in [0.29, 0.717) is 0 Å². The van der Waals surface area contributed by atoms with Gasteiger partial charge in [-0.25, -0.2) is 0 Å². The average Bonchev–Trinajstić information content (AvgIpc) is 2.45. The number of carbonyl (C=O) groups is 1. The summed E-state index contributed by atoms with van der Waals surface area (Å²) < 4.78 is 5.47. The minimum absolute atomic E-state index is 0.0784. The molecule has 7 heteroatoms. The maximum atomic E-state index is 12.2. The fraction of sp³-hybridized carbons (Fsp3) is 0.133. The lowest BCUT2D eigenvalue weighted by molar-refractivity contribution is 0.0210. The molecule has 2 aromatic carbocycles. The third-order valence-electron chi connectivity index (χ3n) is 3.45. The molecule has 0 bridgehead atoms. The fourth-order valence-corrected chi connectivity index (χ4v) is 2.38. The van der Waals surface area contributed by atoms with Crippen molar-refractivity contribution in [2.24, 2.45) is 0 Å². The number of carbonyl (C=O) groups excluding carboxylic acids is 1. The Morgan fingerprint density at radius 2 is 1.64 bits per heavy atom. The molecule has 1 aliphatic rings. The van der Waals surface area contributed by atoms with Crippen molar-refractivity contribution in [3.8, 4) is 28.7 Å². The second kappa shape index (κ2) is 4.81. The van der Waals surface area contributed by atoms with Gasteiger partial charge in [0.1, 0.15) is 22.8 Å². The zero-order valence-corrected chi connectivity index (χ0v) is 11.1. The summed E-state index contributed by atoms with van der Waals surface area (Å²) in [5, 5.41) is 48.1. The molecule has 0 aliphatic carbocycles. The van der Waals surface area contributed by atoms with Gasteiger partial charge >= 0.3 is 0 Å². The molecule has 1 heterocycles. The Bertz CT molecular complexity index is 769. The van der Waals surface area contributed by atoms with Gasteiger partial charge in [0.2, 0.25) is 5.78 Å². The number of rotatable bonds is 1. The SMILES string of the molecule is O=C1c2c(O)cc(O)cc2OC(c2ccc(O)c(O)c2)[C@@H]1O. The minimum Gasteiger partial charge on any atom is -0.508 e. The number of aromatic hydroxyl groups is 4. The van der Waals surface area contributed by atoms with E-state index in [-0.39, 0.29) is 28.4 Å². The molecule has 0 radical (unpaired) electrons. The summed E-state index contributed by atoms with van der Waals surface area (Å²) in [6.07, 6.45) is -2.75. The van der Waals surface area contributed by atoms with E-state index in [1.165, 1.54) is 12.1 Å². The molecule has 0 fully saturated rings. The van der Waals surface area contributed by atoms with Gasteiger partial charge in [0.05, 0.1) is 0 Å². The standard InChI is InChI=1S/C15H12O7/c16-7-4-10(19)12-11(5-7)22-15(14(21)13(12)20)6-1-2-8(17)9(18)3-6/h1-5,14-19,21H/t14-,15?/m1/s1. The first-order valence-electron chi connectivity index (χ1n) is 6.35. The first kappa shape index (κ1) is 14.0. The van der Waals surface area contributed by atoms with Gasteiger partial charge in [-0.3, -0.25) is 4.79 Å². The summed E-state index contributed by atoms with van der Waals surface area (Å²) in [5.74, 6) is -2.41. The van der Waals surface area contributed by atoms with Crippen molar-refractivity contribution in [2.75, 3.05) is 0 Å². The molecular formula is C15H12O7. The van der Waals surface area contributed by atoms with Gasteiger partial charge in [-0.05, 0) is 17.7 Å². The van der Waals surface area contributed by atoms with Gasteiger partial charge in [0, 0.05) is 12.1 Å². The predicted molar refractivity (Wildman–Crippen MR) is 73.2 cm³/mol. The van der Waals surface area contributed by atoms with Crippen LogP contribution in [0.4, 0.5) is 0 Å². The number of benzene rings is 2. The maximum absolute atomic E-state index is 12.2. The van der Waals surface area contributed by atoms with E-state index in [4.69, 9.17) is 4.74 Å². The van der Waals surface area contributed by atoms with Gasteiger partial charge in [-0.2, -0.15) is 0 Å². The molecule has 0 saturated heterocycles. The van der Waals surface area contributed by atoms with Crippen LogP contribution in [0.1, 0.15) is 22.0 Å². The number of aliphatic hydroxyl groups excluding tert-OH is 1. The quantitative estimate of drug-likeness (QED) is 0.501. The zero-order chi connectivity index (χ0) is 16.0. The molecule has 5 N–H and O–H groups in total. The van der Waals surface area contributed by atoms with Gasteiger partial charge in [-0.15, -0.1) is 0 Å². The summed E-state index contributed by atoms with van der Waals surface area (Å²) in [6.45, 7) is 0. The Labute approximate surface area is 124 Å². The monoisotopic (exact) mass is 304 g/mol. The third kappa shape index (κ3) is 2.08. The van der Waals surface area contributed by atoms with Gasteiger partial charge < -0.3 is 30.3 Å². The highest BCUT2D eigenvalue weighted by Gasteiger charge is 2.39. The molecule has 0 saturated carbocycles. The van der Waals surface area contributed by atoms with E-state index < -0.39 is 29.5 Å². The highest BCUT2D eigenvalue weighted by molar-refractivity contribution is 6.05. The Kier molecular flexibility index (Phi) is 3.07.